The Hall–Kier alpha value is -11.8. The lowest BCUT2D eigenvalue weighted by Gasteiger charge is -2.16. The van der Waals surface area contributed by atoms with Crippen LogP contribution in [0.5, 0.6) is 0 Å². The first-order chi connectivity index (χ1) is 66.0. The zero-order chi connectivity index (χ0) is 105. The number of hydrogen-bond acceptors (Lipinski definition) is 24. The Morgan fingerprint density at radius 1 is 0.450 bits per heavy atom. The lowest BCUT2D eigenvalue weighted by molar-refractivity contribution is -0.144. The molecule has 0 amide bonds. The Labute approximate surface area is 855 Å². The van der Waals surface area contributed by atoms with Gasteiger partial charge in [-0.2, -0.15) is 0 Å². The van der Waals surface area contributed by atoms with E-state index in [0.29, 0.717) is 106 Å². The van der Waals surface area contributed by atoms with Gasteiger partial charge >= 0.3 is 17.9 Å². The maximum absolute atomic E-state index is 14.3. The summed E-state index contributed by atoms with van der Waals surface area (Å²) in [5, 5.41) is 13.2. The summed E-state index contributed by atoms with van der Waals surface area (Å²) < 4.78 is 109. The number of amidine groups is 1. The minimum Gasteiger partial charge on any atom is -0.468 e. The number of nitrogens with two attached hydrogens (primary N) is 2. The quantitative estimate of drug-likeness (QED) is 0.00603. The molecule has 0 aliphatic carbocycles. The minimum atomic E-state index is -1.67. The molecular formula is C96H98Cl10F6N16O11S. The molecule has 7 aromatic heterocycles. The van der Waals surface area contributed by atoms with Crippen molar-refractivity contribution in [3.63, 3.8) is 0 Å². The van der Waals surface area contributed by atoms with Crippen LogP contribution in [0.4, 0.5) is 43.5 Å². The average Bonchev–Trinajstić information content (AvgIpc) is 0.840. The van der Waals surface area contributed by atoms with Gasteiger partial charge in [-0.3, -0.25) is 34.6 Å². The Balaban J connectivity index is 0.000000336. The first-order valence-electron chi connectivity index (χ1n) is 41.7. The highest BCUT2D eigenvalue weighted by molar-refractivity contribution is 8.26. The minimum absolute atomic E-state index is 0.0394. The van der Waals surface area contributed by atoms with Crippen molar-refractivity contribution in [2.24, 2.45) is 11.7 Å². The number of halogens is 16. The maximum Gasteiger partial charge on any atom is 0.341 e. The molecule has 7 heterocycles. The van der Waals surface area contributed by atoms with Crippen LogP contribution in [0.2, 0.25) is 40.4 Å². The first-order valence-corrected chi connectivity index (χ1v) is 47.5. The number of pyridine rings is 2. The second-order valence-corrected chi connectivity index (χ2v) is 36.3. The molecule has 13 rings (SSSR count). The summed E-state index contributed by atoms with van der Waals surface area (Å²) in [6.07, 6.45) is 14.2. The third-order valence-corrected chi connectivity index (χ3v) is 20.1. The fraction of sp³-hybridized carbons (Fsp3) is 0.260. The molecule has 0 saturated heterocycles. The van der Waals surface area contributed by atoms with Crippen LogP contribution in [-0.2, 0) is 37.8 Å². The second-order valence-electron chi connectivity index (χ2n) is 30.5. The van der Waals surface area contributed by atoms with Gasteiger partial charge in [0, 0.05) is 147 Å². The SMILES string of the molecule is CC(C)c1cnc(-c2cc(Cl)ccc2F)[nH]c1=O.CC(C)c1cnc(-c2cc(Cl)ccc2F)[nH]c1=O.CC(C)c1cnc(-c2cc(Cl)ccc2F)nc1Cl.CC(C)c1cnc(-c2cc(Cl)ccc2F)nc1Cl.CCOC(=O)CC(C)C.CCOC=O.COC(=O)c1cnccc1N.COC(=O)c1cnccc1Nc1nc(-c2cc(Cl)ccc2F)ncc1C(C)C.N=C(N)c1cc(Cl)ccc1F.O=S(Cl)Cl. The number of hydrogen-bond donors (Lipinski definition) is 6. The molecule has 0 spiro atoms. The molecule has 0 atom stereocenters. The smallest absolute Gasteiger partial charge is 0.341 e. The van der Waals surface area contributed by atoms with Gasteiger partial charge in [0.05, 0.1) is 66.5 Å². The van der Waals surface area contributed by atoms with E-state index in [0.717, 1.165) is 16.7 Å². The Morgan fingerprint density at radius 3 is 1.09 bits per heavy atom. The molecule has 44 heteroatoms. The normalized spacial score (nSPS) is 10.4. The van der Waals surface area contributed by atoms with E-state index in [2.05, 4.69) is 96.0 Å². The lowest BCUT2D eigenvalue weighted by Crippen LogP contribution is -2.15. The highest BCUT2D eigenvalue weighted by Crippen LogP contribution is 2.35. The van der Waals surface area contributed by atoms with E-state index in [-0.39, 0.29) is 121 Å². The van der Waals surface area contributed by atoms with Crippen molar-refractivity contribution in [1.29, 1.82) is 5.41 Å². The van der Waals surface area contributed by atoms with Gasteiger partial charge in [-0.05, 0) is 171 Å². The summed E-state index contributed by atoms with van der Waals surface area (Å²) in [6.45, 7) is 28.5. The fourth-order valence-corrected chi connectivity index (χ4v) is 12.7. The maximum atomic E-state index is 14.3. The highest BCUT2D eigenvalue weighted by atomic mass is 36.0. The van der Waals surface area contributed by atoms with Crippen molar-refractivity contribution in [3.8, 4) is 56.9 Å². The number of rotatable bonds is 20. The van der Waals surface area contributed by atoms with E-state index in [9.17, 15) is 55.1 Å². The van der Waals surface area contributed by atoms with Gasteiger partial charge in [0.1, 0.15) is 79.6 Å². The molecule has 746 valence electrons. The molecule has 0 saturated carbocycles. The predicted octanol–water partition coefficient (Wildman–Crippen LogP) is 26.1. The van der Waals surface area contributed by atoms with E-state index < -0.39 is 56.1 Å². The number of nitrogen functional groups attached to an aromatic ring is 2. The number of nitrogens with one attached hydrogen (secondary N) is 4. The van der Waals surface area contributed by atoms with Gasteiger partial charge in [0.15, 0.2) is 17.5 Å². The summed E-state index contributed by atoms with van der Waals surface area (Å²) in [7, 11) is 9.95. The highest BCUT2D eigenvalue weighted by Gasteiger charge is 2.22. The third-order valence-electron chi connectivity index (χ3n) is 18.1. The third kappa shape index (κ3) is 40.1. The van der Waals surface area contributed by atoms with E-state index in [1.807, 2.05) is 90.0 Å². The molecule has 8 N–H and O–H groups in total. The fourth-order valence-electron chi connectivity index (χ4n) is 11.0. The first kappa shape index (κ1) is 121. The largest absolute Gasteiger partial charge is 0.468 e. The summed E-state index contributed by atoms with van der Waals surface area (Å²) in [6, 6.07) is 28.0. The number of benzene rings is 6. The number of aromatic nitrogens is 12. The number of esters is 3. The van der Waals surface area contributed by atoms with Gasteiger partial charge < -0.3 is 45.7 Å². The van der Waals surface area contributed by atoms with Gasteiger partial charge in [-0.25, -0.2) is 80.0 Å². The number of anilines is 3. The Bertz CT molecular complexity index is 6280. The van der Waals surface area contributed by atoms with Crippen molar-refractivity contribution in [3.05, 3.63) is 318 Å². The van der Waals surface area contributed by atoms with Crippen molar-refractivity contribution in [1.82, 2.24) is 59.8 Å². The van der Waals surface area contributed by atoms with Crippen molar-refractivity contribution in [2.45, 2.75) is 133 Å². The summed E-state index contributed by atoms with van der Waals surface area (Å²) in [4.78, 5) is 113. The van der Waals surface area contributed by atoms with E-state index >= 15 is 0 Å². The molecule has 27 nitrogen and oxygen atoms in total. The summed E-state index contributed by atoms with van der Waals surface area (Å²) in [5.41, 5.74) is 16.2. The molecule has 0 unspecified atom stereocenters. The van der Waals surface area contributed by atoms with E-state index in [1.54, 1.807) is 43.8 Å². The van der Waals surface area contributed by atoms with E-state index in [1.165, 1.54) is 154 Å². The molecule has 0 aliphatic rings. The number of methoxy groups -OCH3 is 2. The number of H-pyrrole nitrogens is 2. The van der Waals surface area contributed by atoms with Crippen LogP contribution >= 0.6 is 114 Å². The van der Waals surface area contributed by atoms with E-state index in [4.69, 9.17) is 123 Å². The van der Waals surface area contributed by atoms with Gasteiger partial charge in [-0.1, -0.05) is 176 Å². The standard InChI is InChI=1S/C20H18ClFN4O2.2C13H11Cl2FN2.2C13H12ClFN2O.C7H6ClFN2.C7H8N2O2.C7H14O2.C3H6O2.Cl2OS/c1-11(2)14-10-24-18(13-8-12(21)4-5-16(13)22)26-19(14)25-17-6-7-23-9-15(17)20(27)28-3;2*1-7(2)10-6-17-13(18-12(10)15)9-5-8(14)3-4-11(9)16;2*1-7(2)10-6-16-12(17-13(10)18)9-5-8(14)3-4-11(9)15;8-4-1-2-6(9)5(3-4)7(10)11;1-11-7(10)5-4-9-3-2-6(5)8;1-4-9-7(8)5-6(2)3;1-2-5-3-4;1-4(2)3/h4-11H,1-3H3,(H,23,24,25,26);2*3-7H,1-2H3;2*3-7H,1-2H3,(H,16,17,18);1-3H,(H3,10,11);2-4H,1H3,(H2,8,9);6H,4-5H2,1-3H3;3H,2H2,1H3;. The van der Waals surface area contributed by atoms with Crippen LogP contribution in [0.25, 0.3) is 56.9 Å². The Morgan fingerprint density at radius 2 is 0.779 bits per heavy atom. The number of nitrogens with zero attached hydrogens (tertiary/aromatic N) is 10. The number of carbonyl (C=O) groups excluding carboxylic acids is 4. The number of ether oxygens (including phenoxy) is 4. The second kappa shape index (κ2) is 61.0. The summed E-state index contributed by atoms with van der Waals surface area (Å²) in [5.74, 6) is -1.64. The zero-order valence-corrected chi connectivity index (χ0v) is 86.4. The molecular weight excluding hydrogens is 2050 g/mol. The van der Waals surface area contributed by atoms with Crippen molar-refractivity contribution in [2.75, 3.05) is 38.5 Å². The molecule has 0 fully saturated rings. The molecule has 0 aliphatic heterocycles. The van der Waals surface area contributed by atoms with Crippen LogP contribution in [0.1, 0.15) is 187 Å². The monoisotopic (exact) mass is 2150 g/mol. The van der Waals surface area contributed by atoms with Gasteiger partial charge in [0.2, 0.25) is 9.23 Å². The van der Waals surface area contributed by atoms with Crippen LogP contribution < -0.4 is 27.9 Å². The predicted molar refractivity (Wildman–Crippen MR) is 543 cm³/mol. The van der Waals surface area contributed by atoms with Crippen molar-refractivity contribution < 1.29 is 68.7 Å². The molecule has 0 radical (unpaired) electrons. The van der Waals surface area contributed by atoms with Crippen LogP contribution in [0.3, 0.4) is 0 Å². The lowest BCUT2D eigenvalue weighted by atomic mass is 10.1. The molecule has 0 bridgehead atoms. The van der Waals surface area contributed by atoms with Crippen LogP contribution in [0, 0.1) is 46.2 Å². The number of carbonyl (C=O) groups is 4. The van der Waals surface area contributed by atoms with Gasteiger partial charge in [-0.15, -0.1) is 0 Å². The molecule has 140 heavy (non-hydrogen) atoms. The molecule has 13 aromatic rings. The number of aromatic amines is 2. The molecule has 6 aromatic carbocycles. The Kier molecular flexibility index (Phi) is 52.5. The topological polar surface area (TPSA) is 405 Å². The van der Waals surface area contributed by atoms with Gasteiger partial charge in [0.25, 0.3) is 17.6 Å². The van der Waals surface area contributed by atoms with Crippen LogP contribution in [-0.4, -0.2) is 122 Å². The zero-order valence-electron chi connectivity index (χ0n) is 78.0. The van der Waals surface area contributed by atoms with Crippen LogP contribution in [0.15, 0.2) is 187 Å². The van der Waals surface area contributed by atoms with Crippen molar-refractivity contribution >= 4 is 171 Å². The summed E-state index contributed by atoms with van der Waals surface area (Å²) >= 11 is 46.9. The average molecular weight is 2150 g/mol.